The van der Waals surface area contributed by atoms with Crippen molar-refractivity contribution in [1.29, 1.82) is 0 Å². The highest BCUT2D eigenvalue weighted by atomic mass is 16.1. The molecule has 0 fully saturated rings. The average Bonchev–Trinajstić information content (AvgIpc) is 3.14. The molecule has 0 aliphatic rings. The van der Waals surface area contributed by atoms with Crippen molar-refractivity contribution in [1.82, 2.24) is 19.6 Å². The van der Waals surface area contributed by atoms with E-state index in [0.717, 1.165) is 11.3 Å². The third kappa shape index (κ3) is 3.12. The fraction of sp³-hybridized carbons (Fsp3) is 0.0500. The van der Waals surface area contributed by atoms with Gasteiger partial charge in [0.2, 0.25) is 5.43 Å². The summed E-state index contributed by atoms with van der Waals surface area (Å²) in [6.45, 7) is 0.605. The van der Waals surface area contributed by atoms with Gasteiger partial charge in [-0.3, -0.25) is 9.48 Å². The van der Waals surface area contributed by atoms with Gasteiger partial charge in [0.25, 0.3) is 0 Å². The molecule has 0 spiro atoms. The number of nitrogens with zero attached hydrogens (tertiary/aromatic N) is 4. The minimum atomic E-state index is -0.123. The number of aromatic nitrogens is 4. The van der Waals surface area contributed by atoms with Gasteiger partial charge in [0.15, 0.2) is 5.69 Å². The second-order valence-corrected chi connectivity index (χ2v) is 5.68. The molecule has 0 amide bonds. The predicted octanol–water partition coefficient (Wildman–Crippen LogP) is 3.14. The number of benzene rings is 2. The van der Waals surface area contributed by atoms with Crippen molar-refractivity contribution < 1.29 is 0 Å². The molecule has 0 saturated carbocycles. The molecule has 0 atom stereocenters. The molecule has 0 saturated heterocycles. The van der Waals surface area contributed by atoms with Gasteiger partial charge in [-0.2, -0.15) is 10.2 Å². The highest BCUT2D eigenvalue weighted by Gasteiger charge is 2.13. The first kappa shape index (κ1) is 15.1. The Balaban J connectivity index is 1.76. The first-order valence-corrected chi connectivity index (χ1v) is 8.03. The maximum absolute atomic E-state index is 12.4. The summed E-state index contributed by atoms with van der Waals surface area (Å²) in [5, 5.41) is 8.89. The van der Waals surface area contributed by atoms with E-state index in [-0.39, 0.29) is 5.43 Å². The third-order valence-corrected chi connectivity index (χ3v) is 3.93. The summed E-state index contributed by atoms with van der Waals surface area (Å²) >= 11 is 0. The monoisotopic (exact) mass is 328 g/mol. The molecule has 2 aromatic heterocycles. The van der Waals surface area contributed by atoms with Gasteiger partial charge in [-0.1, -0.05) is 48.5 Å². The van der Waals surface area contributed by atoms with Crippen molar-refractivity contribution in [3.05, 3.63) is 101 Å². The molecule has 122 valence electrons. The quantitative estimate of drug-likeness (QED) is 0.578. The van der Waals surface area contributed by atoms with E-state index in [4.69, 9.17) is 0 Å². The lowest BCUT2D eigenvalue weighted by Crippen LogP contribution is -2.16. The Morgan fingerprint density at radius 3 is 2.32 bits per heavy atom. The van der Waals surface area contributed by atoms with E-state index in [1.165, 1.54) is 0 Å². The Morgan fingerprint density at radius 1 is 0.840 bits per heavy atom. The Morgan fingerprint density at radius 2 is 1.56 bits per heavy atom. The van der Waals surface area contributed by atoms with Crippen molar-refractivity contribution in [3.8, 4) is 17.1 Å². The van der Waals surface area contributed by atoms with Gasteiger partial charge in [0.05, 0.1) is 24.1 Å². The van der Waals surface area contributed by atoms with Crippen LogP contribution in [0.2, 0.25) is 0 Å². The van der Waals surface area contributed by atoms with Crippen LogP contribution in [0, 0.1) is 0 Å². The SMILES string of the molecule is O=c1ccn(Cc2ccccc2)nc1-c1ccnn1-c1ccccc1. The number of para-hydroxylation sites is 1. The van der Waals surface area contributed by atoms with Crippen LogP contribution in [0.5, 0.6) is 0 Å². The molecule has 5 heteroatoms. The molecule has 0 aliphatic carbocycles. The van der Waals surface area contributed by atoms with E-state index in [1.54, 1.807) is 27.8 Å². The Bertz CT molecular complexity index is 1040. The maximum atomic E-state index is 12.4. The Kier molecular flexibility index (Phi) is 3.96. The topological polar surface area (TPSA) is 52.7 Å². The molecule has 5 nitrogen and oxygen atoms in total. The third-order valence-electron chi connectivity index (χ3n) is 3.93. The van der Waals surface area contributed by atoms with Gasteiger partial charge >= 0.3 is 0 Å². The summed E-state index contributed by atoms with van der Waals surface area (Å²) in [6.07, 6.45) is 3.39. The predicted molar refractivity (Wildman–Crippen MR) is 96.6 cm³/mol. The minimum absolute atomic E-state index is 0.123. The number of hydrogen-bond acceptors (Lipinski definition) is 3. The highest BCUT2D eigenvalue weighted by molar-refractivity contribution is 5.56. The second kappa shape index (κ2) is 6.57. The zero-order valence-electron chi connectivity index (χ0n) is 13.5. The lowest BCUT2D eigenvalue weighted by Gasteiger charge is -2.09. The van der Waals surface area contributed by atoms with Gasteiger partial charge < -0.3 is 0 Å². The van der Waals surface area contributed by atoms with Gasteiger partial charge in [-0.15, -0.1) is 0 Å². The molecule has 2 heterocycles. The summed E-state index contributed by atoms with van der Waals surface area (Å²) < 4.78 is 3.50. The van der Waals surface area contributed by atoms with E-state index in [0.29, 0.717) is 17.9 Å². The fourth-order valence-corrected chi connectivity index (χ4v) is 2.74. The first-order valence-electron chi connectivity index (χ1n) is 8.03. The van der Waals surface area contributed by atoms with Crippen LogP contribution in [-0.4, -0.2) is 19.6 Å². The first-order chi connectivity index (χ1) is 12.3. The van der Waals surface area contributed by atoms with Crippen molar-refractivity contribution in [3.63, 3.8) is 0 Å². The van der Waals surface area contributed by atoms with Crippen LogP contribution in [0.1, 0.15) is 5.56 Å². The number of rotatable bonds is 4. The summed E-state index contributed by atoms with van der Waals surface area (Å²) in [7, 11) is 0. The highest BCUT2D eigenvalue weighted by Crippen LogP contribution is 2.17. The molecule has 4 rings (SSSR count). The zero-order valence-corrected chi connectivity index (χ0v) is 13.5. The van der Waals surface area contributed by atoms with Crippen LogP contribution in [0.15, 0.2) is 90.0 Å². The van der Waals surface area contributed by atoms with Crippen molar-refractivity contribution in [2.24, 2.45) is 0 Å². The summed E-state index contributed by atoms with van der Waals surface area (Å²) in [4.78, 5) is 12.4. The molecule has 0 bridgehead atoms. The summed E-state index contributed by atoms with van der Waals surface area (Å²) in [6, 6.07) is 23.1. The largest absolute Gasteiger partial charge is 0.287 e. The molecule has 0 N–H and O–H groups in total. The minimum Gasteiger partial charge on any atom is -0.287 e. The fourth-order valence-electron chi connectivity index (χ4n) is 2.74. The van der Waals surface area contributed by atoms with E-state index < -0.39 is 0 Å². The lowest BCUT2D eigenvalue weighted by atomic mass is 10.2. The van der Waals surface area contributed by atoms with Crippen LogP contribution >= 0.6 is 0 Å². The Hall–Kier alpha value is -3.47. The average molecular weight is 328 g/mol. The molecule has 25 heavy (non-hydrogen) atoms. The van der Waals surface area contributed by atoms with Crippen LogP contribution in [-0.2, 0) is 6.54 Å². The van der Waals surface area contributed by atoms with Crippen LogP contribution in [0.3, 0.4) is 0 Å². The van der Waals surface area contributed by atoms with Gasteiger partial charge in [0, 0.05) is 12.3 Å². The number of hydrogen-bond donors (Lipinski definition) is 0. The van der Waals surface area contributed by atoms with Crippen LogP contribution in [0.25, 0.3) is 17.1 Å². The molecular formula is C20H16N4O. The molecule has 2 aromatic carbocycles. The van der Waals surface area contributed by atoms with Gasteiger partial charge in [-0.25, -0.2) is 4.68 Å². The summed E-state index contributed by atoms with van der Waals surface area (Å²) in [5.41, 5.74) is 2.96. The van der Waals surface area contributed by atoms with Gasteiger partial charge in [0.1, 0.15) is 0 Å². The Labute approximate surface area is 144 Å². The van der Waals surface area contributed by atoms with Crippen LogP contribution in [0.4, 0.5) is 0 Å². The van der Waals surface area contributed by atoms with Crippen molar-refractivity contribution in [2.45, 2.75) is 6.54 Å². The van der Waals surface area contributed by atoms with Gasteiger partial charge in [-0.05, 0) is 23.8 Å². The molecule has 0 aliphatic heterocycles. The zero-order chi connectivity index (χ0) is 17.1. The molecule has 0 radical (unpaired) electrons. The molecule has 0 unspecified atom stereocenters. The molecular weight excluding hydrogens is 312 g/mol. The van der Waals surface area contributed by atoms with E-state index >= 15 is 0 Å². The van der Waals surface area contributed by atoms with E-state index in [1.807, 2.05) is 66.7 Å². The standard InChI is InChI=1S/C20H16N4O/c25-19-12-14-23(15-16-7-3-1-4-8-16)22-20(19)18-11-13-21-24(18)17-9-5-2-6-10-17/h1-14H,15H2. The lowest BCUT2D eigenvalue weighted by molar-refractivity contribution is 0.663. The smallest absolute Gasteiger partial charge is 0.209 e. The van der Waals surface area contributed by atoms with Crippen LogP contribution < -0.4 is 5.43 Å². The summed E-state index contributed by atoms with van der Waals surface area (Å²) in [5.74, 6) is 0. The normalized spacial score (nSPS) is 10.7. The van der Waals surface area contributed by atoms with E-state index in [2.05, 4.69) is 10.2 Å². The molecule has 4 aromatic rings. The second-order valence-electron chi connectivity index (χ2n) is 5.68. The van der Waals surface area contributed by atoms with Crippen molar-refractivity contribution >= 4 is 0 Å². The van der Waals surface area contributed by atoms with E-state index in [9.17, 15) is 4.79 Å². The maximum Gasteiger partial charge on any atom is 0.209 e. The van der Waals surface area contributed by atoms with Crippen molar-refractivity contribution in [2.75, 3.05) is 0 Å².